The van der Waals surface area contributed by atoms with Crippen LogP contribution in [0.1, 0.15) is 48.9 Å². The van der Waals surface area contributed by atoms with Crippen LogP contribution in [0.5, 0.6) is 0 Å². The number of hydrogen-bond acceptors (Lipinski definition) is 4. The zero-order valence-electron chi connectivity index (χ0n) is 12.8. The van der Waals surface area contributed by atoms with Gasteiger partial charge in [0, 0.05) is 12.2 Å². The highest BCUT2D eigenvalue weighted by molar-refractivity contribution is 5.29. The molecular formula is C16H24N2O3. The molecule has 0 amide bonds. The second-order valence-electron chi connectivity index (χ2n) is 5.95. The van der Waals surface area contributed by atoms with Gasteiger partial charge in [-0.3, -0.25) is 4.79 Å². The summed E-state index contributed by atoms with van der Waals surface area (Å²) in [4.78, 5) is 12.3. The van der Waals surface area contributed by atoms with Gasteiger partial charge in [0.1, 0.15) is 0 Å². The molecule has 1 aromatic rings. The third-order valence-corrected chi connectivity index (χ3v) is 4.43. The van der Waals surface area contributed by atoms with Crippen molar-refractivity contribution in [3.05, 3.63) is 27.2 Å². The van der Waals surface area contributed by atoms with Crippen molar-refractivity contribution in [2.75, 3.05) is 13.2 Å². The molecule has 1 fully saturated rings. The molecule has 1 aromatic heterocycles. The quantitative estimate of drug-likeness (QED) is 0.851. The first-order chi connectivity index (χ1) is 10.3. The Morgan fingerprint density at radius 2 is 2.14 bits per heavy atom. The highest BCUT2D eigenvalue weighted by Gasteiger charge is 2.18. The van der Waals surface area contributed by atoms with Crippen molar-refractivity contribution in [3.8, 4) is 0 Å². The van der Waals surface area contributed by atoms with Crippen LogP contribution in [0, 0.1) is 6.92 Å². The van der Waals surface area contributed by atoms with Crippen molar-refractivity contribution in [2.24, 2.45) is 0 Å². The molecule has 1 unspecified atom stereocenters. The van der Waals surface area contributed by atoms with Crippen LogP contribution in [0.15, 0.2) is 4.79 Å². The van der Waals surface area contributed by atoms with Crippen molar-refractivity contribution in [1.82, 2.24) is 9.78 Å². The zero-order chi connectivity index (χ0) is 14.7. The summed E-state index contributed by atoms with van der Waals surface area (Å²) in [7, 11) is 0. The van der Waals surface area contributed by atoms with Gasteiger partial charge in [-0.2, -0.15) is 5.10 Å². The summed E-state index contributed by atoms with van der Waals surface area (Å²) >= 11 is 0. The van der Waals surface area contributed by atoms with Gasteiger partial charge >= 0.3 is 0 Å². The van der Waals surface area contributed by atoms with E-state index < -0.39 is 0 Å². The zero-order valence-corrected chi connectivity index (χ0v) is 12.8. The van der Waals surface area contributed by atoms with Crippen LogP contribution in [0.2, 0.25) is 0 Å². The molecule has 5 nitrogen and oxygen atoms in total. The van der Waals surface area contributed by atoms with Crippen LogP contribution in [-0.4, -0.2) is 29.3 Å². The lowest BCUT2D eigenvalue weighted by molar-refractivity contribution is -0.164. The Balaban J connectivity index is 1.65. The minimum Gasteiger partial charge on any atom is -0.353 e. The molecule has 1 aliphatic heterocycles. The molecule has 0 saturated carbocycles. The molecule has 116 valence electrons. The van der Waals surface area contributed by atoms with E-state index in [-0.39, 0.29) is 11.8 Å². The number of hydrogen-bond donors (Lipinski definition) is 0. The fourth-order valence-corrected chi connectivity index (χ4v) is 3.18. The maximum atomic E-state index is 12.3. The van der Waals surface area contributed by atoms with Crippen molar-refractivity contribution in [3.63, 3.8) is 0 Å². The number of aryl methyl sites for hydroxylation is 1. The molecule has 0 N–H and O–H groups in total. The van der Waals surface area contributed by atoms with Gasteiger partial charge in [-0.1, -0.05) is 0 Å². The molecule has 3 rings (SSSR count). The molecule has 21 heavy (non-hydrogen) atoms. The van der Waals surface area contributed by atoms with Crippen LogP contribution in [-0.2, 0) is 28.9 Å². The van der Waals surface area contributed by atoms with E-state index in [4.69, 9.17) is 9.47 Å². The van der Waals surface area contributed by atoms with Crippen molar-refractivity contribution >= 4 is 0 Å². The van der Waals surface area contributed by atoms with Gasteiger partial charge in [0.05, 0.1) is 18.8 Å². The van der Waals surface area contributed by atoms with E-state index in [2.05, 4.69) is 5.10 Å². The van der Waals surface area contributed by atoms with E-state index in [9.17, 15) is 4.79 Å². The SMILES string of the molecule is Cc1c2c(nn(CCOC3CCCCO3)c1=O)CCCC2. The van der Waals surface area contributed by atoms with E-state index in [1.54, 1.807) is 4.68 Å². The molecule has 1 aliphatic carbocycles. The fraction of sp³-hybridized carbons (Fsp3) is 0.750. The van der Waals surface area contributed by atoms with E-state index >= 15 is 0 Å². The molecule has 0 aromatic carbocycles. The number of nitrogens with zero attached hydrogens (tertiary/aromatic N) is 2. The van der Waals surface area contributed by atoms with E-state index in [0.29, 0.717) is 13.2 Å². The Labute approximate surface area is 125 Å². The molecular weight excluding hydrogens is 268 g/mol. The van der Waals surface area contributed by atoms with Crippen LogP contribution >= 0.6 is 0 Å². The van der Waals surface area contributed by atoms with Gasteiger partial charge in [0.25, 0.3) is 5.56 Å². The Kier molecular flexibility index (Phi) is 4.70. The van der Waals surface area contributed by atoms with Gasteiger partial charge in [0.2, 0.25) is 0 Å². The monoisotopic (exact) mass is 292 g/mol. The molecule has 0 spiro atoms. The van der Waals surface area contributed by atoms with Crippen LogP contribution < -0.4 is 5.56 Å². The summed E-state index contributed by atoms with van der Waals surface area (Å²) in [5.41, 5.74) is 3.18. The summed E-state index contributed by atoms with van der Waals surface area (Å²) in [6, 6.07) is 0. The first-order valence-electron chi connectivity index (χ1n) is 8.08. The van der Waals surface area contributed by atoms with Crippen molar-refractivity contribution in [1.29, 1.82) is 0 Å². The van der Waals surface area contributed by atoms with Crippen LogP contribution in [0.25, 0.3) is 0 Å². The van der Waals surface area contributed by atoms with Gasteiger partial charge < -0.3 is 9.47 Å². The van der Waals surface area contributed by atoms with E-state index in [1.807, 2.05) is 6.92 Å². The first kappa shape index (κ1) is 14.7. The average molecular weight is 292 g/mol. The number of fused-ring (bicyclic) bond motifs is 1. The number of ether oxygens (including phenoxy) is 2. The Morgan fingerprint density at radius 3 is 2.95 bits per heavy atom. The summed E-state index contributed by atoms with van der Waals surface area (Å²) < 4.78 is 12.8. The number of aromatic nitrogens is 2. The van der Waals surface area contributed by atoms with Crippen molar-refractivity contribution in [2.45, 2.75) is 64.7 Å². The molecule has 1 atom stereocenters. The topological polar surface area (TPSA) is 53.4 Å². The Bertz CT molecular complexity index is 547. The lowest BCUT2D eigenvalue weighted by Crippen LogP contribution is -2.32. The maximum absolute atomic E-state index is 12.3. The van der Waals surface area contributed by atoms with Gasteiger partial charge in [0.15, 0.2) is 6.29 Å². The summed E-state index contributed by atoms with van der Waals surface area (Å²) in [5.74, 6) is 0. The van der Waals surface area contributed by atoms with E-state index in [1.165, 1.54) is 18.4 Å². The standard InChI is InChI=1S/C16H24N2O3/c1-12-13-6-2-3-7-14(13)17-18(16(12)19)9-11-21-15-8-4-5-10-20-15/h15H,2-11H2,1H3. The summed E-state index contributed by atoms with van der Waals surface area (Å²) in [6.07, 6.45) is 7.44. The average Bonchev–Trinajstić information content (AvgIpc) is 2.53. The lowest BCUT2D eigenvalue weighted by Gasteiger charge is -2.23. The molecule has 2 heterocycles. The third kappa shape index (κ3) is 3.35. The summed E-state index contributed by atoms with van der Waals surface area (Å²) in [5, 5.41) is 4.54. The normalized spacial score (nSPS) is 22.0. The molecule has 1 saturated heterocycles. The predicted molar refractivity (Wildman–Crippen MR) is 79.4 cm³/mol. The fourth-order valence-electron chi connectivity index (χ4n) is 3.18. The lowest BCUT2D eigenvalue weighted by atomic mass is 9.94. The predicted octanol–water partition coefficient (Wildman–Crippen LogP) is 1.97. The Hall–Kier alpha value is -1.20. The van der Waals surface area contributed by atoms with Gasteiger partial charge in [-0.05, 0) is 57.4 Å². The number of rotatable bonds is 4. The van der Waals surface area contributed by atoms with Gasteiger partial charge in [-0.15, -0.1) is 0 Å². The maximum Gasteiger partial charge on any atom is 0.270 e. The van der Waals surface area contributed by atoms with Crippen LogP contribution in [0.4, 0.5) is 0 Å². The molecule has 5 heteroatoms. The van der Waals surface area contributed by atoms with Crippen LogP contribution in [0.3, 0.4) is 0 Å². The minimum atomic E-state index is -0.104. The van der Waals surface area contributed by atoms with Gasteiger partial charge in [-0.25, -0.2) is 4.68 Å². The third-order valence-electron chi connectivity index (χ3n) is 4.43. The molecule has 2 aliphatic rings. The second kappa shape index (κ2) is 6.71. The first-order valence-corrected chi connectivity index (χ1v) is 8.08. The Morgan fingerprint density at radius 1 is 1.29 bits per heavy atom. The highest BCUT2D eigenvalue weighted by atomic mass is 16.7. The minimum absolute atomic E-state index is 0.0313. The summed E-state index contributed by atoms with van der Waals surface area (Å²) in [6.45, 7) is 3.69. The van der Waals surface area contributed by atoms with E-state index in [0.717, 1.165) is 50.0 Å². The largest absolute Gasteiger partial charge is 0.353 e. The highest BCUT2D eigenvalue weighted by Crippen LogP contribution is 2.20. The smallest absolute Gasteiger partial charge is 0.270 e. The van der Waals surface area contributed by atoms with Crippen molar-refractivity contribution < 1.29 is 9.47 Å². The molecule has 0 bridgehead atoms. The molecule has 0 radical (unpaired) electrons. The second-order valence-corrected chi connectivity index (χ2v) is 5.95.